The van der Waals surface area contributed by atoms with Crippen LogP contribution in [0.3, 0.4) is 0 Å². The largest absolute Gasteiger partial charge is 0.471 e. The first kappa shape index (κ1) is 13.3. The van der Waals surface area contributed by atoms with Crippen molar-refractivity contribution in [1.29, 1.82) is 0 Å². The normalized spacial score (nSPS) is 12.9. The summed E-state index contributed by atoms with van der Waals surface area (Å²) in [6.45, 7) is 0. The number of halogens is 3. The standard InChI is InChI=1S/C5H5F3NO3.CH3.Al.H/c1-12-3(10)2-9-4(11)5(6,7)8;;;/h2H,1H3,(H,9,11);1H3;;. The number of amides is 1. The molecule has 0 aromatic carbocycles. The van der Waals surface area contributed by atoms with Crippen molar-refractivity contribution < 1.29 is 27.5 Å². The van der Waals surface area contributed by atoms with Crippen LogP contribution in [-0.4, -0.2) is 45.3 Å². The van der Waals surface area contributed by atoms with Gasteiger partial charge in [0.25, 0.3) is 15.2 Å². The van der Waals surface area contributed by atoms with E-state index in [1.165, 1.54) is 0 Å². The molecule has 14 heavy (non-hydrogen) atoms. The molecule has 0 aliphatic rings. The van der Waals surface area contributed by atoms with Crippen molar-refractivity contribution in [2.24, 2.45) is 0 Å². The van der Waals surface area contributed by atoms with E-state index in [1.54, 1.807) is 11.1 Å². The molecule has 0 saturated heterocycles. The number of hydrogen-bond donors (Lipinski definition) is 1. The van der Waals surface area contributed by atoms with E-state index in [1.807, 2.05) is 0 Å². The fraction of sp³-hybridized carbons (Fsp3) is 0.667. The lowest BCUT2D eigenvalue weighted by Gasteiger charge is -2.14. The summed E-state index contributed by atoms with van der Waals surface area (Å²) >= 11 is -1.14. The molecule has 0 unspecified atom stereocenters. The van der Waals surface area contributed by atoms with Crippen molar-refractivity contribution in [2.45, 2.75) is 16.9 Å². The van der Waals surface area contributed by atoms with E-state index < -0.39 is 38.2 Å². The van der Waals surface area contributed by atoms with Gasteiger partial charge in [-0.1, -0.05) is 0 Å². The third kappa shape index (κ3) is 3.98. The van der Waals surface area contributed by atoms with Crippen molar-refractivity contribution in [1.82, 2.24) is 5.32 Å². The van der Waals surface area contributed by atoms with Gasteiger partial charge in [-0.15, -0.1) is 5.79 Å². The molecule has 1 atom stereocenters. The zero-order chi connectivity index (χ0) is 11.4. The van der Waals surface area contributed by atoms with Crippen LogP contribution in [0.15, 0.2) is 0 Å². The molecule has 0 spiro atoms. The summed E-state index contributed by atoms with van der Waals surface area (Å²) in [6.07, 6.45) is -4.96. The molecule has 8 heteroatoms. The molecule has 80 valence electrons. The summed E-state index contributed by atoms with van der Waals surface area (Å²) in [5.74, 6) is -1.35. The summed E-state index contributed by atoms with van der Waals surface area (Å²) in [5, 5.41) is 1.58. The highest BCUT2D eigenvalue weighted by atomic mass is 27.1. The molecule has 0 aromatic rings. The third-order valence-electron chi connectivity index (χ3n) is 1.46. The number of alkyl halides is 3. The summed E-state index contributed by atoms with van der Waals surface area (Å²) in [5.41, 5.74) is 0. The first-order valence-corrected chi connectivity index (χ1v) is 6.01. The smallest absolute Gasteiger partial charge is 0.468 e. The molecule has 0 rings (SSSR count). The summed E-state index contributed by atoms with van der Waals surface area (Å²) in [4.78, 5) is 20.2. The van der Waals surface area contributed by atoms with Gasteiger partial charge in [-0.3, -0.25) is 9.59 Å². The Morgan fingerprint density at radius 1 is 1.43 bits per heavy atom. The van der Waals surface area contributed by atoms with Crippen LogP contribution in [0.2, 0.25) is 5.79 Å². The van der Waals surface area contributed by atoms with Crippen LogP contribution in [0.5, 0.6) is 0 Å². The molecule has 1 N–H and O–H groups in total. The second-order valence-corrected chi connectivity index (χ2v) is 4.09. The minimum Gasteiger partial charge on any atom is -0.468 e. The van der Waals surface area contributed by atoms with Crippen LogP contribution in [0, 0.1) is 0 Å². The highest BCUT2D eigenvalue weighted by Crippen LogP contribution is 2.14. The average molecular weight is 227 g/mol. The third-order valence-corrected chi connectivity index (χ3v) is 2.81. The number of carbonyl (C=O) groups excluding carboxylic acids is 2. The summed E-state index contributed by atoms with van der Waals surface area (Å²) < 4.78 is 39.5. The molecule has 0 bridgehead atoms. The van der Waals surface area contributed by atoms with E-state index in [2.05, 4.69) is 4.74 Å². The van der Waals surface area contributed by atoms with Crippen molar-refractivity contribution in [3.63, 3.8) is 0 Å². The predicted molar refractivity (Wildman–Crippen MR) is 43.0 cm³/mol. The number of methoxy groups -OCH3 is 1. The minimum absolute atomic E-state index is 0.836. The number of esters is 1. The van der Waals surface area contributed by atoms with Crippen LogP contribution < -0.4 is 5.32 Å². The summed E-state index contributed by atoms with van der Waals surface area (Å²) in [7, 11) is 1.05. The van der Waals surface area contributed by atoms with E-state index in [9.17, 15) is 22.8 Å². The number of carbonyl (C=O) groups is 2. The Labute approximate surface area is 84.5 Å². The quantitative estimate of drug-likeness (QED) is 0.529. The predicted octanol–water partition coefficient (Wildman–Crippen LogP) is -0.351. The highest BCUT2D eigenvalue weighted by molar-refractivity contribution is 6.42. The molecule has 0 aromatic heterocycles. The molecule has 4 nitrogen and oxygen atoms in total. The van der Waals surface area contributed by atoms with Gasteiger partial charge < -0.3 is 10.1 Å². The van der Waals surface area contributed by atoms with Crippen LogP contribution in [0.25, 0.3) is 0 Å². The van der Waals surface area contributed by atoms with Gasteiger partial charge in [-0.2, -0.15) is 13.2 Å². The minimum atomic E-state index is -4.96. The lowest BCUT2D eigenvalue weighted by Crippen LogP contribution is -2.49. The Balaban J connectivity index is 4.34. The van der Waals surface area contributed by atoms with Crippen molar-refractivity contribution in [3.8, 4) is 0 Å². The van der Waals surface area contributed by atoms with Gasteiger partial charge in [0.1, 0.15) is 0 Å². The SMILES string of the molecule is COC(=O)[C@@H](NC(=O)C(F)(F)F)[AlH][CH3]. The van der Waals surface area contributed by atoms with E-state index >= 15 is 0 Å². The monoisotopic (exact) mass is 227 g/mol. The number of nitrogens with one attached hydrogen (secondary N) is 1. The maximum Gasteiger partial charge on any atom is 0.471 e. The lowest BCUT2D eigenvalue weighted by atomic mass is 10.5. The van der Waals surface area contributed by atoms with Crippen LogP contribution >= 0.6 is 0 Å². The Morgan fingerprint density at radius 2 is 1.93 bits per heavy atom. The zero-order valence-corrected chi connectivity index (χ0v) is 9.06. The molecule has 0 fully saturated rings. The van der Waals surface area contributed by atoms with Gasteiger partial charge in [0, 0.05) is 0 Å². The number of hydrogen-bond acceptors (Lipinski definition) is 3. The van der Waals surface area contributed by atoms with E-state index in [-0.39, 0.29) is 0 Å². The Kier molecular flexibility index (Phi) is 4.94. The molecule has 1 amide bonds. The summed E-state index contributed by atoms with van der Waals surface area (Å²) in [6, 6.07) is 0. The van der Waals surface area contributed by atoms with Crippen molar-refractivity contribution in [3.05, 3.63) is 0 Å². The maximum atomic E-state index is 11.8. The second kappa shape index (κ2) is 5.22. The van der Waals surface area contributed by atoms with E-state index in [4.69, 9.17) is 0 Å². The van der Waals surface area contributed by atoms with Crippen molar-refractivity contribution in [2.75, 3.05) is 7.11 Å². The Hall–Kier alpha value is -0.738. The highest BCUT2D eigenvalue weighted by Gasteiger charge is 2.40. The first-order valence-electron chi connectivity index (χ1n) is 3.78. The molecule has 0 aliphatic heterocycles. The van der Waals surface area contributed by atoms with E-state index in [0.717, 1.165) is 7.11 Å². The Bertz CT molecular complexity index is 231. The van der Waals surface area contributed by atoms with Crippen LogP contribution in [0.4, 0.5) is 13.2 Å². The molecule has 0 radical (unpaired) electrons. The molecule has 0 aliphatic carbocycles. The van der Waals surface area contributed by atoms with Gasteiger partial charge in [0.05, 0.1) is 12.0 Å². The fourth-order valence-electron chi connectivity index (χ4n) is 0.710. The fourth-order valence-corrected chi connectivity index (χ4v) is 1.60. The maximum absolute atomic E-state index is 11.8. The topological polar surface area (TPSA) is 55.4 Å². The zero-order valence-electron chi connectivity index (χ0n) is 7.64. The number of rotatable bonds is 3. The van der Waals surface area contributed by atoms with Gasteiger partial charge in [-0.05, 0) is 0 Å². The van der Waals surface area contributed by atoms with Crippen LogP contribution in [-0.2, 0) is 14.3 Å². The van der Waals surface area contributed by atoms with Crippen molar-refractivity contribution >= 4 is 27.1 Å². The average Bonchev–Trinajstić information content (AvgIpc) is 2.10. The Morgan fingerprint density at radius 3 is 2.21 bits per heavy atom. The number of ether oxygens (including phenoxy) is 1. The van der Waals surface area contributed by atoms with Gasteiger partial charge in [-0.25, -0.2) is 0 Å². The van der Waals surface area contributed by atoms with Gasteiger partial charge in [0.15, 0.2) is 0 Å². The van der Waals surface area contributed by atoms with Gasteiger partial charge >= 0.3 is 18.1 Å². The van der Waals surface area contributed by atoms with Gasteiger partial charge in [0.2, 0.25) is 0 Å². The lowest BCUT2D eigenvalue weighted by molar-refractivity contribution is -0.174. The molecule has 0 saturated carbocycles. The molecular weight excluding hydrogens is 218 g/mol. The molecule has 0 heterocycles. The second-order valence-electron chi connectivity index (χ2n) is 2.46. The first-order chi connectivity index (χ1) is 6.32. The van der Waals surface area contributed by atoms with Crippen LogP contribution in [0.1, 0.15) is 0 Å². The van der Waals surface area contributed by atoms with E-state index in [0.29, 0.717) is 0 Å². The molecular formula is C6H9AlF3NO3.